The van der Waals surface area contributed by atoms with Crippen LogP contribution in [-0.4, -0.2) is 37.6 Å². The van der Waals surface area contributed by atoms with Crippen LogP contribution in [0.4, 0.5) is 0 Å². The third-order valence-corrected chi connectivity index (χ3v) is 4.98. The van der Waals surface area contributed by atoms with E-state index in [2.05, 4.69) is 16.3 Å². The van der Waals surface area contributed by atoms with Crippen molar-refractivity contribution in [2.24, 2.45) is 5.92 Å². The number of benzene rings is 1. The predicted octanol–water partition coefficient (Wildman–Crippen LogP) is 2.75. The van der Waals surface area contributed by atoms with E-state index in [0.717, 1.165) is 43.8 Å². The number of nitrogens with one attached hydrogen (secondary N) is 1. The molecule has 1 saturated carbocycles. The van der Waals surface area contributed by atoms with Gasteiger partial charge in [0.05, 0.1) is 13.2 Å². The second-order valence-corrected chi connectivity index (χ2v) is 6.33. The maximum atomic E-state index is 13.0. The highest BCUT2D eigenvalue weighted by Crippen LogP contribution is 2.33. The van der Waals surface area contributed by atoms with Gasteiger partial charge in [-0.05, 0) is 18.9 Å². The van der Waals surface area contributed by atoms with Gasteiger partial charge in [-0.1, -0.05) is 37.5 Å². The number of nitrogens with zero attached hydrogens (tertiary/aromatic N) is 1. The summed E-state index contributed by atoms with van der Waals surface area (Å²) in [5.41, 5.74) is 1.11. The first kappa shape index (κ1) is 15.3. The maximum absolute atomic E-state index is 13.0. The predicted molar refractivity (Wildman–Crippen MR) is 86.9 cm³/mol. The molecule has 1 atom stereocenters. The van der Waals surface area contributed by atoms with Gasteiger partial charge in [0.1, 0.15) is 5.75 Å². The van der Waals surface area contributed by atoms with Gasteiger partial charge in [0.25, 0.3) is 0 Å². The highest BCUT2D eigenvalue weighted by Gasteiger charge is 2.33. The lowest BCUT2D eigenvalue weighted by Crippen LogP contribution is -2.50. The summed E-state index contributed by atoms with van der Waals surface area (Å²) in [4.78, 5) is 15.1. The van der Waals surface area contributed by atoms with Crippen LogP contribution in [0.1, 0.15) is 43.7 Å². The molecular weight excluding hydrogens is 276 g/mol. The zero-order chi connectivity index (χ0) is 15.4. The Morgan fingerprint density at radius 1 is 1.23 bits per heavy atom. The van der Waals surface area contributed by atoms with Crippen LogP contribution in [0, 0.1) is 5.92 Å². The first-order valence-corrected chi connectivity index (χ1v) is 8.45. The van der Waals surface area contributed by atoms with Gasteiger partial charge in [-0.3, -0.25) is 4.79 Å². The average molecular weight is 302 g/mol. The SMILES string of the molecule is COc1ccccc1C1CNCCN1C(=O)C1CCCCC1. The molecule has 1 N–H and O–H groups in total. The fourth-order valence-electron chi connectivity index (χ4n) is 3.77. The smallest absolute Gasteiger partial charge is 0.226 e. The Balaban J connectivity index is 1.83. The summed E-state index contributed by atoms with van der Waals surface area (Å²) >= 11 is 0. The van der Waals surface area contributed by atoms with Crippen molar-refractivity contribution < 1.29 is 9.53 Å². The van der Waals surface area contributed by atoms with Crippen LogP contribution >= 0.6 is 0 Å². The zero-order valence-corrected chi connectivity index (χ0v) is 13.4. The zero-order valence-electron chi connectivity index (χ0n) is 13.4. The van der Waals surface area contributed by atoms with E-state index in [1.165, 1.54) is 19.3 Å². The molecule has 1 aromatic carbocycles. The van der Waals surface area contributed by atoms with Crippen molar-refractivity contribution in [1.82, 2.24) is 10.2 Å². The van der Waals surface area contributed by atoms with Crippen molar-refractivity contribution in [3.63, 3.8) is 0 Å². The Bertz CT molecular complexity index is 512. The third kappa shape index (κ3) is 3.12. The lowest BCUT2D eigenvalue weighted by molar-refractivity contribution is -0.140. The molecular formula is C18H26N2O2. The molecule has 4 nitrogen and oxygen atoms in total. The fraction of sp³-hybridized carbons (Fsp3) is 0.611. The number of amides is 1. The number of methoxy groups -OCH3 is 1. The van der Waals surface area contributed by atoms with Crippen LogP contribution in [0.3, 0.4) is 0 Å². The fourth-order valence-corrected chi connectivity index (χ4v) is 3.77. The van der Waals surface area contributed by atoms with Crippen molar-refractivity contribution in [2.45, 2.75) is 38.1 Å². The van der Waals surface area contributed by atoms with E-state index in [1.54, 1.807) is 7.11 Å². The van der Waals surface area contributed by atoms with Gasteiger partial charge >= 0.3 is 0 Å². The number of ether oxygens (including phenoxy) is 1. The van der Waals surface area contributed by atoms with Gasteiger partial charge in [-0.25, -0.2) is 0 Å². The number of carbonyl (C=O) groups excluding carboxylic acids is 1. The third-order valence-electron chi connectivity index (χ3n) is 4.98. The number of rotatable bonds is 3. The quantitative estimate of drug-likeness (QED) is 0.933. The van der Waals surface area contributed by atoms with Gasteiger partial charge in [0.15, 0.2) is 0 Å². The van der Waals surface area contributed by atoms with E-state index in [4.69, 9.17) is 4.74 Å². The molecule has 0 radical (unpaired) electrons. The Morgan fingerprint density at radius 3 is 2.77 bits per heavy atom. The lowest BCUT2D eigenvalue weighted by atomic mass is 9.87. The van der Waals surface area contributed by atoms with E-state index in [0.29, 0.717) is 5.91 Å². The highest BCUT2D eigenvalue weighted by atomic mass is 16.5. The summed E-state index contributed by atoms with van der Waals surface area (Å²) in [7, 11) is 1.70. The normalized spacial score (nSPS) is 23.3. The van der Waals surface area contributed by atoms with E-state index in [1.807, 2.05) is 18.2 Å². The number of hydrogen-bond donors (Lipinski definition) is 1. The number of piperazine rings is 1. The summed E-state index contributed by atoms with van der Waals surface area (Å²) in [6.45, 7) is 2.47. The van der Waals surface area contributed by atoms with Crippen LogP contribution in [0.2, 0.25) is 0 Å². The topological polar surface area (TPSA) is 41.6 Å². The summed E-state index contributed by atoms with van der Waals surface area (Å²) < 4.78 is 5.51. The molecule has 4 heteroatoms. The molecule has 0 bridgehead atoms. The standard InChI is InChI=1S/C18H26N2O2/c1-22-17-10-6-5-9-15(17)16-13-19-11-12-20(16)18(21)14-7-3-2-4-8-14/h5-6,9-10,14,16,19H,2-4,7-8,11-13H2,1H3. The second kappa shape index (κ2) is 7.14. The van der Waals surface area contributed by atoms with Gasteiger partial charge < -0.3 is 15.0 Å². The minimum atomic E-state index is 0.0827. The van der Waals surface area contributed by atoms with E-state index in [-0.39, 0.29) is 12.0 Å². The summed E-state index contributed by atoms with van der Waals surface area (Å²) in [5.74, 6) is 1.44. The Labute approximate surface area is 132 Å². The maximum Gasteiger partial charge on any atom is 0.226 e. The molecule has 1 aliphatic heterocycles. The number of carbonyl (C=O) groups is 1. The highest BCUT2D eigenvalue weighted by molar-refractivity contribution is 5.79. The lowest BCUT2D eigenvalue weighted by Gasteiger charge is -2.39. The van der Waals surface area contributed by atoms with Crippen LogP contribution < -0.4 is 10.1 Å². The molecule has 1 aliphatic carbocycles. The molecule has 22 heavy (non-hydrogen) atoms. The van der Waals surface area contributed by atoms with E-state index >= 15 is 0 Å². The molecule has 0 aromatic heterocycles. The van der Waals surface area contributed by atoms with E-state index < -0.39 is 0 Å². The average Bonchev–Trinajstić information content (AvgIpc) is 2.62. The van der Waals surface area contributed by atoms with Gasteiger partial charge in [0.2, 0.25) is 5.91 Å². The molecule has 2 fully saturated rings. The number of para-hydroxylation sites is 1. The Kier molecular flexibility index (Phi) is 4.98. The molecule has 120 valence electrons. The van der Waals surface area contributed by atoms with Gasteiger partial charge in [-0.2, -0.15) is 0 Å². The van der Waals surface area contributed by atoms with Crippen molar-refractivity contribution in [3.05, 3.63) is 29.8 Å². The summed E-state index contributed by atoms with van der Waals surface area (Å²) in [6.07, 6.45) is 5.79. The van der Waals surface area contributed by atoms with Crippen molar-refractivity contribution in [2.75, 3.05) is 26.7 Å². The minimum absolute atomic E-state index is 0.0827. The molecule has 1 heterocycles. The van der Waals surface area contributed by atoms with Gasteiger partial charge in [-0.15, -0.1) is 0 Å². The molecule has 0 spiro atoms. The van der Waals surface area contributed by atoms with Crippen LogP contribution in [0.5, 0.6) is 5.75 Å². The van der Waals surface area contributed by atoms with Crippen molar-refractivity contribution in [1.29, 1.82) is 0 Å². The Morgan fingerprint density at radius 2 is 2.00 bits per heavy atom. The summed E-state index contributed by atoms with van der Waals surface area (Å²) in [6, 6.07) is 8.14. The van der Waals surface area contributed by atoms with Gasteiger partial charge in [0, 0.05) is 31.1 Å². The molecule has 1 saturated heterocycles. The molecule has 1 aromatic rings. The molecule has 1 unspecified atom stereocenters. The van der Waals surface area contributed by atoms with Crippen molar-refractivity contribution in [3.8, 4) is 5.75 Å². The first-order chi connectivity index (χ1) is 10.8. The van der Waals surface area contributed by atoms with E-state index in [9.17, 15) is 4.79 Å². The molecule has 3 rings (SSSR count). The van der Waals surface area contributed by atoms with Crippen LogP contribution in [-0.2, 0) is 4.79 Å². The molecule has 1 amide bonds. The van der Waals surface area contributed by atoms with Crippen LogP contribution in [0.15, 0.2) is 24.3 Å². The minimum Gasteiger partial charge on any atom is -0.496 e. The summed E-state index contributed by atoms with van der Waals surface area (Å²) in [5, 5.41) is 3.42. The Hall–Kier alpha value is -1.55. The van der Waals surface area contributed by atoms with Crippen molar-refractivity contribution >= 4 is 5.91 Å². The number of hydrogen-bond acceptors (Lipinski definition) is 3. The first-order valence-electron chi connectivity index (χ1n) is 8.45. The second-order valence-electron chi connectivity index (χ2n) is 6.33. The molecule has 2 aliphatic rings. The monoisotopic (exact) mass is 302 g/mol. The van der Waals surface area contributed by atoms with Crippen LogP contribution in [0.25, 0.3) is 0 Å². The largest absolute Gasteiger partial charge is 0.496 e.